The van der Waals surface area contributed by atoms with Gasteiger partial charge in [-0.25, -0.2) is 0 Å². The maximum absolute atomic E-state index is 11.6. The highest BCUT2D eigenvalue weighted by Crippen LogP contribution is 2.13. The summed E-state index contributed by atoms with van der Waals surface area (Å²) >= 11 is 11.0. The van der Waals surface area contributed by atoms with Crippen LogP contribution in [0.5, 0.6) is 0 Å². The van der Waals surface area contributed by atoms with Crippen LogP contribution in [0.4, 0.5) is 0 Å². The van der Waals surface area contributed by atoms with Gasteiger partial charge in [0, 0.05) is 19.0 Å². The second-order valence-corrected chi connectivity index (χ2v) is 4.85. The molecule has 0 radical (unpaired) electrons. The maximum atomic E-state index is 11.6. The van der Waals surface area contributed by atoms with Crippen LogP contribution in [0.1, 0.15) is 13.3 Å². The molecule has 0 saturated heterocycles. The first kappa shape index (κ1) is 16.7. The van der Waals surface area contributed by atoms with Gasteiger partial charge in [-0.05, 0) is 6.42 Å². The number of aliphatic hydroxyl groups excluding tert-OH is 2. The Bertz CT molecular complexity index is 249. The Morgan fingerprint density at radius 2 is 2.12 bits per heavy atom. The summed E-state index contributed by atoms with van der Waals surface area (Å²) in [6.07, 6.45) is 1.39. The number of halogens is 2. The van der Waals surface area contributed by atoms with Crippen molar-refractivity contribution in [2.24, 2.45) is 5.92 Å². The number of carbonyl (C=O) groups is 1. The summed E-state index contributed by atoms with van der Waals surface area (Å²) in [5.74, 6) is -0.856. The predicted molar refractivity (Wildman–Crippen MR) is 69.1 cm³/mol. The lowest BCUT2D eigenvalue weighted by molar-refractivity contribution is -0.130. The van der Waals surface area contributed by atoms with Gasteiger partial charge in [0.05, 0.1) is 12.7 Å². The van der Waals surface area contributed by atoms with Crippen molar-refractivity contribution in [1.29, 1.82) is 0 Å². The number of hydrogen-bond acceptors (Lipinski definition) is 3. The Morgan fingerprint density at radius 1 is 1.53 bits per heavy atom. The van der Waals surface area contributed by atoms with Crippen molar-refractivity contribution in [2.45, 2.75) is 24.3 Å². The second kappa shape index (κ2) is 8.75. The molecule has 0 spiro atoms. The number of amides is 1. The molecule has 0 fully saturated rings. The number of nitrogens with zero attached hydrogens (tertiary/aromatic N) is 1. The van der Waals surface area contributed by atoms with E-state index in [0.717, 1.165) is 0 Å². The zero-order chi connectivity index (χ0) is 13.4. The summed E-state index contributed by atoms with van der Waals surface area (Å²) < 4.78 is 0. The number of carbonyl (C=O) groups excluding carboxylic acids is 1. The van der Waals surface area contributed by atoms with Gasteiger partial charge in [-0.1, -0.05) is 36.2 Å². The Hall–Kier alpha value is -0.290. The molecule has 0 heterocycles. The molecule has 100 valence electrons. The fourth-order valence-corrected chi connectivity index (χ4v) is 1.74. The number of hydrogen-bond donors (Lipinski definition) is 2. The van der Waals surface area contributed by atoms with Crippen molar-refractivity contribution < 1.29 is 15.0 Å². The quantitative estimate of drug-likeness (QED) is 0.520. The van der Waals surface area contributed by atoms with E-state index in [2.05, 4.69) is 6.58 Å². The van der Waals surface area contributed by atoms with Gasteiger partial charge in [0.15, 0.2) is 4.84 Å². The van der Waals surface area contributed by atoms with Gasteiger partial charge in [0.1, 0.15) is 0 Å². The van der Waals surface area contributed by atoms with Crippen molar-refractivity contribution in [3.05, 3.63) is 12.7 Å². The van der Waals surface area contributed by atoms with Gasteiger partial charge in [-0.2, -0.15) is 0 Å². The summed E-state index contributed by atoms with van der Waals surface area (Å²) in [4.78, 5) is 11.9. The predicted octanol–water partition coefficient (Wildman–Crippen LogP) is 1.18. The first-order valence-corrected chi connectivity index (χ1v) is 6.31. The van der Waals surface area contributed by atoms with Gasteiger partial charge in [0.25, 0.3) is 5.91 Å². The van der Waals surface area contributed by atoms with E-state index in [1.807, 2.05) is 0 Å². The third-order valence-corrected chi connectivity index (χ3v) is 2.87. The van der Waals surface area contributed by atoms with Gasteiger partial charge >= 0.3 is 0 Å². The number of aliphatic hydroxyl groups is 2. The molecule has 17 heavy (non-hydrogen) atoms. The molecule has 0 aliphatic rings. The van der Waals surface area contributed by atoms with Gasteiger partial charge in [0.2, 0.25) is 0 Å². The lowest BCUT2D eigenvalue weighted by atomic mass is 10.0. The minimum absolute atomic E-state index is 0.201. The smallest absolute Gasteiger partial charge is 0.256 e. The van der Waals surface area contributed by atoms with Crippen molar-refractivity contribution in [2.75, 3.05) is 19.7 Å². The molecule has 0 saturated carbocycles. The molecule has 0 aromatic rings. The summed E-state index contributed by atoms with van der Waals surface area (Å²) in [7, 11) is 0. The third kappa shape index (κ3) is 5.73. The van der Waals surface area contributed by atoms with Crippen LogP contribution in [0.15, 0.2) is 12.7 Å². The summed E-state index contributed by atoms with van der Waals surface area (Å²) in [6, 6.07) is 0. The molecule has 1 amide bonds. The highest BCUT2D eigenvalue weighted by molar-refractivity contribution is 6.53. The SMILES string of the molecule is C=CCN(CC(CO)C(O)CC)C(=O)C(Cl)Cl. The first-order valence-electron chi connectivity index (χ1n) is 5.44. The van der Waals surface area contributed by atoms with Crippen LogP contribution in [0, 0.1) is 5.92 Å². The third-order valence-electron chi connectivity index (χ3n) is 2.50. The zero-order valence-electron chi connectivity index (χ0n) is 9.85. The highest BCUT2D eigenvalue weighted by Gasteiger charge is 2.25. The van der Waals surface area contributed by atoms with Gasteiger partial charge < -0.3 is 15.1 Å². The molecule has 2 unspecified atom stereocenters. The normalized spacial score (nSPS) is 14.5. The molecule has 0 aliphatic heterocycles. The van der Waals surface area contributed by atoms with Crippen LogP contribution < -0.4 is 0 Å². The standard InChI is InChI=1S/C11H19Cl2NO3/c1-3-5-14(11(17)10(12)13)6-8(7-15)9(16)4-2/h3,8-10,15-16H,1,4-7H2,2H3. The minimum Gasteiger partial charge on any atom is -0.396 e. The van der Waals surface area contributed by atoms with Gasteiger partial charge in [-0.15, -0.1) is 6.58 Å². The fraction of sp³-hybridized carbons (Fsp3) is 0.727. The van der Waals surface area contributed by atoms with Crippen LogP contribution >= 0.6 is 23.2 Å². The molecule has 2 N–H and O–H groups in total. The Labute approximate surface area is 112 Å². The van der Waals surface area contributed by atoms with E-state index < -0.39 is 22.8 Å². The van der Waals surface area contributed by atoms with E-state index in [-0.39, 0.29) is 19.7 Å². The average Bonchev–Trinajstić information content (AvgIpc) is 2.32. The van der Waals surface area contributed by atoms with Crippen LogP contribution in [-0.2, 0) is 4.79 Å². The van der Waals surface area contributed by atoms with E-state index in [0.29, 0.717) is 6.42 Å². The van der Waals surface area contributed by atoms with Crippen LogP contribution in [0.3, 0.4) is 0 Å². The minimum atomic E-state index is -1.15. The molecule has 6 heteroatoms. The monoisotopic (exact) mass is 283 g/mol. The summed E-state index contributed by atoms with van der Waals surface area (Å²) in [5.41, 5.74) is 0. The summed E-state index contributed by atoms with van der Waals surface area (Å²) in [6.45, 7) is 5.62. The number of rotatable bonds is 8. The molecule has 0 aliphatic carbocycles. The van der Waals surface area contributed by atoms with Crippen molar-refractivity contribution in [1.82, 2.24) is 4.90 Å². The lowest BCUT2D eigenvalue weighted by Gasteiger charge is -2.28. The second-order valence-electron chi connectivity index (χ2n) is 3.75. The zero-order valence-corrected chi connectivity index (χ0v) is 11.4. The van der Waals surface area contributed by atoms with Crippen LogP contribution in [-0.4, -0.2) is 51.7 Å². The van der Waals surface area contributed by atoms with Crippen molar-refractivity contribution in [3.8, 4) is 0 Å². The van der Waals surface area contributed by atoms with E-state index in [1.165, 1.54) is 4.90 Å². The van der Waals surface area contributed by atoms with E-state index in [9.17, 15) is 15.0 Å². The Morgan fingerprint density at radius 3 is 2.47 bits per heavy atom. The molecular formula is C11H19Cl2NO3. The molecule has 0 aromatic carbocycles. The fourth-order valence-electron chi connectivity index (χ4n) is 1.47. The van der Waals surface area contributed by atoms with Crippen LogP contribution in [0.25, 0.3) is 0 Å². The molecule has 4 nitrogen and oxygen atoms in total. The van der Waals surface area contributed by atoms with Crippen molar-refractivity contribution >= 4 is 29.1 Å². The summed E-state index contributed by atoms with van der Waals surface area (Å²) in [5, 5.41) is 18.8. The topological polar surface area (TPSA) is 60.8 Å². The maximum Gasteiger partial charge on any atom is 0.256 e. The average molecular weight is 284 g/mol. The van der Waals surface area contributed by atoms with E-state index >= 15 is 0 Å². The van der Waals surface area contributed by atoms with Gasteiger partial charge in [-0.3, -0.25) is 4.79 Å². The van der Waals surface area contributed by atoms with Crippen molar-refractivity contribution in [3.63, 3.8) is 0 Å². The van der Waals surface area contributed by atoms with E-state index in [1.54, 1.807) is 13.0 Å². The van der Waals surface area contributed by atoms with Crippen LogP contribution in [0.2, 0.25) is 0 Å². The molecular weight excluding hydrogens is 265 g/mol. The molecule has 2 atom stereocenters. The highest BCUT2D eigenvalue weighted by atomic mass is 35.5. The molecule has 0 aromatic heterocycles. The Kier molecular flexibility index (Phi) is 8.60. The van der Waals surface area contributed by atoms with E-state index in [4.69, 9.17) is 23.2 Å². The largest absolute Gasteiger partial charge is 0.396 e. The number of alkyl halides is 2. The lowest BCUT2D eigenvalue weighted by Crippen LogP contribution is -2.42. The molecule has 0 rings (SSSR count). The first-order chi connectivity index (χ1) is 7.97. The Balaban J connectivity index is 4.60. The molecule has 0 bridgehead atoms.